The molecule has 1 aliphatic heterocycles. The van der Waals surface area contributed by atoms with Crippen LogP contribution in [0.25, 0.3) is 0 Å². The van der Waals surface area contributed by atoms with Gasteiger partial charge in [0.15, 0.2) is 0 Å². The minimum atomic E-state index is 0.841. The number of rotatable bonds is 6. The lowest BCUT2D eigenvalue weighted by molar-refractivity contribution is -0.105. The second kappa shape index (κ2) is 5.89. The number of carbonyl (C=O) groups is 1. The van der Waals surface area contributed by atoms with E-state index in [0.29, 0.717) is 0 Å². The monoisotopic (exact) mass is 182 g/mol. The van der Waals surface area contributed by atoms with Gasteiger partial charge >= 0.3 is 0 Å². The second-order valence-corrected chi connectivity index (χ2v) is 3.40. The number of nitrogens with one attached hydrogen (secondary N) is 1. The molecule has 3 nitrogen and oxygen atoms in total. The lowest BCUT2D eigenvalue weighted by atomic mass is 10.1. The quantitative estimate of drug-likeness (QED) is 0.477. The van der Waals surface area contributed by atoms with Crippen molar-refractivity contribution in [1.29, 1.82) is 0 Å². The topological polar surface area (TPSA) is 32.3 Å². The molecule has 0 saturated carbocycles. The molecule has 0 radical (unpaired) electrons. The molecule has 74 valence electrons. The van der Waals surface area contributed by atoms with Crippen molar-refractivity contribution in [3.8, 4) is 0 Å². The van der Waals surface area contributed by atoms with Crippen LogP contribution in [0.2, 0.25) is 0 Å². The molecule has 0 aromatic rings. The normalized spacial score (nSPS) is 18.4. The van der Waals surface area contributed by atoms with E-state index >= 15 is 0 Å². The zero-order chi connectivity index (χ0) is 9.52. The Balaban J connectivity index is 2.21. The molecule has 1 heterocycles. The standard InChI is InChI=1S/C10H18N2O/c1-11-5-3-10(9-13)4-8-12-6-2-7-12/h4,9,11H,2-3,5-8H2,1H3/b10-4+. The van der Waals surface area contributed by atoms with Gasteiger partial charge in [-0.2, -0.15) is 0 Å². The summed E-state index contributed by atoms with van der Waals surface area (Å²) in [7, 11) is 1.90. The summed E-state index contributed by atoms with van der Waals surface area (Å²) in [6.07, 6.45) is 5.16. The van der Waals surface area contributed by atoms with E-state index in [-0.39, 0.29) is 0 Å². The average molecular weight is 182 g/mol. The summed E-state index contributed by atoms with van der Waals surface area (Å²) in [6, 6.07) is 0. The van der Waals surface area contributed by atoms with Gasteiger partial charge in [-0.3, -0.25) is 9.69 Å². The highest BCUT2D eigenvalue weighted by Gasteiger charge is 2.11. The minimum Gasteiger partial charge on any atom is -0.319 e. The Kier molecular flexibility index (Phi) is 4.72. The van der Waals surface area contributed by atoms with E-state index in [1.165, 1.54) is 19.5 Å². The summed E-state index contributed by atoms with van der Waals surface area (Å²) in [5.41, 5.74) is 0.918. The summed E-state index contributed by atoms with van der Waals surface area (Å²) in [5, 5.41) is 3.03. The van der Waals surface area contributed by atoms with Crippen molar-refractivity contribution >= 4 is 6.29 Å². The van der Waals surface area contributed by atoms with Crippen LogP contribution in [0.5, 0.6) is 0 Å². The molecule has 0 amide bonds. The van der Waals surface area contributed by atoms with Crippen LogP contribution in [0.4, 0.5) is 0 Å². The molecule has 1 saturated heterocycles. The van der Waals surface area contributed by atoms with E-state index in [2.05, 4.69) is 10.2 Å². The Morgan fingerprint density at radius 2 is 2.31 bits per heavy atom. The molecule has 1 fully saturated rings. The van der Waals surface area contributed by atoms with Crippen molar-refractivity contribution < 1.29 is 4.79 Å². The summed E-state index contributed by atoms with van der Waals surface area (Å²) >= 11 is 0. The second-order valence-electron chi connectivity index (χ2n) is 3.40. The Hall–Kier alpha value is -0.670. The van der Waals surface area contributed by atoms with Gasteiger partial charge in [-0.15, -0.1) is 0 Å². The van der Waals surface area contributed by atoms with E-state index < -0.39 is 0 Å². The number of carbonyl (C=O) groups excluding carboxylic acids is 1. The molecule has 1 aliphatic rings. The number of aldehydes is 1. The molecule has 3 heteroatoms. The SMILES string of the molecule is CNCC/C(C=O)=C\CN1CCC1. The highest BCUT2D eigenvalue weighted by Crippen LogP contribution is 2.06. The molecule has 0 bridgehead atoms. The summed E-state index contributed by atoms with van der Waals surface area (Å²) in [6.45, 7) is 4.20. The van der Waals surface area contributed by atoms with Gasteiger partial charge in [0.25, 0.3) is 0 Å². The van der Waals surface area contributed by atoms with E-state index in [0.717, 1.165) is 31.4 Å². The molecule has 0 unspecified atom stereocenters. The van der Waals surface area contributed by atoms with Crippen molar-refractivity contribution in [3.05, 3.63) is 11.6 Å². The zero-order valence-corrected chi connectivity index (χ0v) is 8.25. The molecular weight excluding hydrogens is 164 g/mol. The van der Waals surface area contributed by atoms with Crippen molar-refractivity contribution in [1.82, 2.24) is 10.2 Å². The zero-order valence-electron chi connectivity index (χ0n) is 8.25. The first-order valence-corrected chi connectivity index (χ1v) is 4.88. The van der Waals surface area contributed by atoms with Crippen LogP contribution in [0.15, 0.2) is 11.6 Å². The summed E-state index contributed by atoms with van der Waals surface area (Å²) < 4.78 is 0. The average Bonchev–Trinajstić information content (AvgIpc) is 2.08. The Bertz CT molecular complexity index is 185. The van der Waals surface area contributed by atoms with E-state index in [1.54, 1.807) is 0 Å². The predicted octanol–water partition coefficient (Wildman–Crippen LogP) is 0.427. The van der Waals surface area contributed by atoms with Gasteiger partial charge in [-0.1, -0.05) is 6.08 Å². The van der Waals surface area contributed by atoms with Crippen LogP contribution in [0, 0.1) is 0 Å². The molecule has 0 aromatic carbocycles. The van der Waals surface area contributed by atoms with Crippen LogP contribution in [0.3, 0.4) is 0 Å². The maximum absolute atomic E-state index is 10.6. The molecule has 1 rings (SSSR count). The van der Waals surface area contributed by atoms with Gasteiger partial charge in [-0.05, 0) is 45.1 Å². The van der Waals surface area contributed by atoms with Crippen LogP contribution in [-0.2, 0) is 4.79 Å². The van der Waals surface area contributed by atoms with Crippen molar-refractivity contribution in [2.24, 2.45) is 0 Å². The smallest absolute Gasteiger partial charge is 0.145 e. The fourth-order valence-electron chi connectivity index (χ4n) is 1.29. The van der Waals surface area contributed by atoms with E-state index in [4.69, 9.17) is 0 Å². The Labute approximate surface area is 79.8 Å². The van der Waals surface area contributed by atoms with Gasteiger partial charge in [0.1, 0.15) is 6.29 Å². The van der Waals surface area contributed by atoms with Crippen molar-refractivity contribution in [2.45, 2.75) is 12.8 Å². The number of hydrogen-bond donors (Lipinski definition) is 1. The number of likely N-dealkylation sites (tertiary alicyclic amines) is 1. The van der Waals surface area contributed by atoms with Crippen molar-refractivity contribution in [3.63, 3.8) is 0 Å². The Morgan fingerprint density at radius 1 is 1.54 bits per heavy atom. The molecule has 0 atom stereocenters. The van der Waals surface area contributed by atoms with Gasteiger partial charge in [0.05, 0.1) is 0 Å². The maximum atomic E-state index is 10.6. The number of hydrogen-bond acceptors (Lipinski definition) is 3. The van der Waals surface area contributed by atoms with Crippen LogP contribution >= 0.6 is 0 Å². The van der Waals surface area contributed by atoms with Gasteiger partial charge in [0, 0.05) is 6.54 Å². The predicted molar refractivity (Wildman–Crippen MR) is 53.7 cm³/mol. The van der Waals surface area contributed by atoms with Crippen molar-refractivity contribution in [2.75, 3.05) is 33.2 Å². The van der Waals surface area contributed by atoms with Crippen LogP contribution in [-0.4, -0.2) is 44.4 Å². The highest BCUT2D eigenvalue weighted by molar-refractivity contribution is 5.73. The summed E-state index contributed by atoms with van der Waals surface area (Å²) in [5.74, 6) is 0. The molecular formula is C10H18N2O. The molecule has 1 N–H and O–H groups in total. The molecule has 13 heavy (non-hydrogen) atoms. The highest BCUT2D eigenvalue weighted by atomic mass is 16.1. The molecule has 0 aliphatic carbocycles. The first-order chi connectivity index (χ1) is 6.36. The first kappa shape index (κ1) is 10.4. The Morgan fingerprint density at radius 3 is 2.77 bits per heavy atom. The van der Waals surface area contributed by atoms with Gasteiger partial charge < -0.3 is 5.32 Å². The maximum Gasteiger partial charge on any atom is 0.145 e. The third kappa shape index (κ3) is 3.70. The van der Waals surface area contributed by atoms with Gasteiger partial charge in [0.2, 0.25) is 0 Å². The third-order valence-corrected chi connectivity index (χ3v) is 2.38. The fourth-order valence-corrected chi connectivity index (χ4v) is 1.29. The fraction of sp³-hybridized carbons (Fsp3) is 0.700. The van der Waals surface area contributed by atoms with Crippen LogP contribution in [0.1, 0.15) is 12.8 Å². The molecule has 0 aromatic heterocycles. The lowest BCUT2D eigenvalue weighted by Crippen LogP contribution is -2.37. The van der Waals surface area contributed by atoms with Gasteiger partial charge in [-0.25, -0.2) is 0 Å². The molecule has 0 spiro atoms. The van der Waals surface area contributed by atoms with E-state index in [1.807, 2.05) is 13.1 Å². The largest absolute Gasteiger partial charge is 0.319 e. The van der Waals surface area contributed by atoms with Crippen LogP contribution < -0.4 is 5.32 Å². The number of nitrogens with zero attached hydrogens (tertiary/aromatic N) is 1. The summed E-state index contributed by atoms with van der Waals surface area (Å²) in [4.78, 5) is 13.0. The first-order valence-electron chi connectivity index (χ1n) is 4.88. The van der Waals surface area contributed by atoms with E-state index in [9.17, 15) is 4.79 Å². The third-order valence-electron chi connectivity index (χ3n) is 2.38. The lowest BCUT2D eigenvalue weighted by Gasteiger charge is -2.29. The minimum absolute atomic E-state index is 0.841.